The van der Waals surface area contributed by atoms with E-state index in [9.17, 15) is 4.79 Å². The van der Waals surface area contributed by atoms with Crippen molar-refractivity contribution in [3.63, 3.8) is 0 Å². The van der Waals surface area contributed by atoms with E-state index in [-0.39, 0.29) is 12.6 Å². The van der Waals surface area contributed by atoms with Crippen molar-refractivity contribution in [2.45, 2.75) is 31.9 Å². The molecule has 0 radical (unpaired) electrons. The molecule has 0 bridgehead atoms. The number of esters is 1. The summed E-state index contributed by atoms with van der Waals surface area (Å²) in [5.74, 6) is 0.593. The maximum atomic E-state index is 11.8. The molecule has 0 spiro atoms. The van der Waals surface area contributed by atoms with Crippen LogP contribution in [0.15, 0.2) is 5.11 Å². The molecule has 0 atom stereocenters. The van der Waals surface area contributed by atoms with Crippen LogP contribution >= 0.6 is 35.7 Å². The first-order chi connectivity index (χ1) is 8.44. The summed E-state index contributed by atoms with van der Waals surface area (Å²) in [5.41, 5.74) is 8.08. The molecule has 0 rings (SSSR count). The largest absolute Gasteiger partial charge is 0.465 e. The number of hydrogen-bond acceptors (Lipinski definition) is 6. The van der Waals surface area contributed by atoms with Crippen molar-refractivity contribution in [2.24, 2.45) is 5.11 Å². The van der Waals surface area contributed by atoms with Crippen molar-refractivity contribution in [3.8, 4) is 0 Å². The molecule has 0 unspecified atom stereocenters. The van der Waals surface area contributed by atoms with Crippen LogP contribution in [0.3, 0.4) is 0 Å². The number of nitrogens with zero attached hydrogens (tertiary/aromatic N) is 3. The third kappa shape index (κ3) is 7.81. The number of carbonyl (C=O) groups excluding carboxylic acids is 1. The average Bonchev–Trinajstić information content (AvgIpc) is 2.28. The molecule has 0 N–H and O–H groups in total. The van der Waals surface area contributed by atoms with E-state index in [0.717, 1.165) is 9.28 Å². The first-order valence-electron chi connectivity index (χ1n) is 5.48. The van der Waals surface area contributed by atoms with Crippen LogP contribution in [0.1, 0.15) is 27.2 Å². The molecule has 0 fully saturated rings. The normalized spacial score (nSPS) is 10.6. The van der Waals surface area contributed by atoms with Gasteiger partial charge in [0.2, 0.25) is 0 Å². The van der Waals surface area contributed by atoms with Gasteiger partial charge in [-0.1, -0.05) is 36.0 Å². The maximum absolute atomic E-state index is 11.8. The van der Waals surface area contributed by atoms with E-state index in [1.54, 1.807) is 25.6 Å². The second-order valence-corrected chi connectivity index (χ2v) is 7.83. The van der Waals surface area contributed by atoms with E-state index < -0.39 is 4.75 Å². The lowest BCUT2D eigenvalue weighted by Crippen LogP contribution is -2.31. The average molecular weight is 307 g/mol. The highest BCUT2D eigenvalue weighted by atomic mass is 32.2. The molecule has 102 valence electrons. The molecule has 18 heavy (non-hydrogen) atoms. The monoisotopic (exact) mass is 307 g/mol. The Labute approximate surface area is 121 Å². The van der Waals surface area contributed by atoms with E-state index in [0.29, 0.717) is 13.0 Å². The molecular formula is C10H17N3O2S3. The highest BCUT2D eigenvalue weighted by molar-refractivity contribution is 8.47. The quantitative estimate of drug-likeness (QED) is 0.179. The van der Waals surface area contributed by atoms with Crippen LogP contribution in [0.2, 0.25) is 0 Å². The van der Waals surface area contributed by atoms with Crippen molar-refractivity contribution < 1.29 is 9.53 Å². The highest BCUT2D eigenvalue weighted by Gasteiger charge is 2.31. The smallest absolute Gasteiger partial charge is 0.322 e. The van der Waals surface area contributed by atoms with E-state index in [4.69, 9.17) is 22.5 Å². The Balaban J connectivity index is 4.05. The molecule has 5 nitrogen and oxygen atoms in total. The van der Waals surface area contributed by atoms with Gasteiger partial charge in [-0.15, -0.1) is 11.8 Å². The second-order valence-electron chi connectivity index (χ2n) is 3.74. The van der Waals surface area contributed by atoms with Gasteiger partial charge in [0.1, 0.15) is 8.28 Å². The van der Waals surface area contributed by atoms with Crippen molar-refractivity contribution in [3.05, 3.63) is 10.4 Å². The highest BCUT2D eigenvalue weighted by Crippen LogP contribution is 2.31. The molecule has 0 aliphatic heterocycles. The first kappa shape index (κ1) is 17.6. The number of thiocarbonyl (C=S) groups is 1. The number of carbonyl (C=O) groups is 1. The van der Waals surface area contributed by atoms with Crippen LogP contribution in [0.4, 0.5) is 0 Å². The Bertz CT molecular complexity index is 341. The van der Waals surface area contributed by atoms with Crippen LogP contribution in [0, 0.1) is 0 Å². The molecule has 8 heteroatoms. The zero-order chi connectivity index (χ0) is 14.0. The molecule has 0 aromatic carbocycles. The summed E-state index contributed by atoms with van der Waals surface area (Å²) >= 11 is 8.04. The van der Waals surface area contributed by atoms with E-state index >= 15 is 0 Å². The molecule has 0 aliphatic rings. The van der Waals surface area contributed by atoms with Gasteiger partial charge in [-0.3, -0.25) is 4.79 Å². The molecule has 0 saturated carbocycles. The van der Waals surface area contributed by atoms with Crippen LogP contribution in [0.5, 0.6) is 0 Å². The molecule has 0 aromatic heterocycles. The molecule has 0 heterocycles. The summed E-state index contributed by atoms with van der Waals surface area (Å²) < 4.78 is 5.18. The van der Waals surface area contributed by atoms with Crippen LogP contribution < -0.4 is 0 Å². The standard InChI is InChI=1S/C10H17N3O2S3/c1-4-17-9(16)18-10(2,3)8(14)15-7-5-6-12-13-11/h4-7H2,1-3H3. The molecule has 0 aliphatic carbocycles. The SMILES string of the molecule is CCSC(=S)SC(C)(C)C(=O)OCCCN=[N+]=[N-]. The zero-order valence-corrected chi connectivity index (χ0v) is 13.2. The van der Waals surface area contributed by atoms with Gasteiger partial charge in [0.15, 0.2) is 0 Å². The minimum absolute atomic E-state index is 0.259. The van der Waals surface area contributed by atoms with Gasteiger partial charge in [-0.2, -0.15) is 0 Å². The summed E-state index contributed by atoms with van der Waals surface area (Å²) in [6, 6.07) is 0. The summed E-state index contributed by atoms with van der Waals surface area (Å²) in [4.78, 5) is 14.4. The Morgan fingerprint density at radius 3 is 2.78 bits per heavy atom. The molecule has 0 amide bonds. The predicted molar refractivity (Wildman–Crippen MR) is 82.0 cm³/mol. The molecule has 0 aromatic rings. The minimum Gasteiger partial charge on any atom is -0.465 e. The van der Waals surface area contributed by atoms with Gasteiger partial charge in [-0.25, -0.2) is 0 Å². The number of azide groups is 1. The summed E-state index contributed by atoms with van der Waals surface area (Å²) in [6.45, 7) is 6.18. The van der Waals surface area contributed by atoms with Crippen molar-refractivity contribution in [1.82, 2.24) is 0 Å². The fourth-order valence-electron chi connectivity index (χ4n) is 0.916. The summed E-state index contributed by atoms with van der Waals surface area (Å²) in [7, 11) is 0. The fourth-order valence-corrected chi connectivity index (χ4v) is 3.90. The zero-order valence-electron chi connectivity index (χ0n) is 10.7. The van der Waals surface area contributed by atoms with E-state index in [2.05, 4.69) is 10.0 Å². The van der Waals surface area contributed by atoms with Crippen molar-refractivity contribution >= 4 is 45.2 Å². The first-order valence-corrected chi connectivity index (χ1v) is 7.69. The van der Waals surface area contributed by atoms with E-state index in [1.165, 1.54) is 11.8 Å². The molecule has 0 saturated heterocycles. The minimum atomic E-state index is -0.683. The lowest BCUT2D eigenvalue weighted by molar-refractivity contribution is -0.145. The number of thioether (sulfide) groups is 2. The van der Waals surface area contributed by atoms with Crippen molar-refractivity contribution in [1.29, 1.82) is 0 Å². The Morgan fingerprint density at radius 1 is 1.56 bits per heavy atom. The van der Waals surface area contributed by atoms with Gasteiger partial charge in [0.25, 0.3) is 0 Å². The molecular weight excluding hydrogens is 290 g/mol. The van der Waals surface area contributed by atoms with Gasteiger partial charge in [-0.05, 0) is 31.6 Å². The second kappa shape index (κ2) is 9.49. The summed E-state index contributed by atoms with van der Waals surface area (Å²) in [5, 5.41) is 3.36. The van der Waals surface area contributed by atoms with Crippen molar-refractivity contribution in [2.75, 3.05) is 18.9 Å². The Hall–Kier alpha value is -0.430. The van der Waals surface area contributed by atoms with Gasteiger partial charge >= 0.3 is 5.97 Å². The van der Waals surface area contributed by atoms with Crippen LogP contribution in [-0.4, -0.2) is 33.1 Å². The Kier molecular flexibility index (Phi) is 9.27. The Morgan fingerprint density at radius 2 is 2.22 bits per heavy atom. The van der Waals surface area contributed by atoms with Crippen LogP contribution in [0.25, 0.3) is 10.4 Å². The van der Waals surface area contributed by atoms with Gasteiger partial charge in [0.05, 0.1) is 6.61 Å². The van der Waals surface area contributed by atoms with E-state index in [1.807, 2.05) is 6.92 Å². The third-order valence-corrected chi connectivity index (χ3v) is 4.37. The number of ether oxygens (including phenoxy) is 1. The number of hydrogen-bond donors (Lipinski definition) is 0. The van der Waals surface area contributed by atoms with Gasteiger partial charge < -0.3 is 4.74 Å². The van der Waals surface area contributed by atoms with Gasteiger partial charge in [0, 0.05) is 11.5 Å². The summed E-state index contributed by atoms with van der Waals surface area (Å²) in [6.07, 6.45) is 0.532. The lowest BCUT2D eigenvalue weighted by Gasteiger charge is -2.21. The number of rotatable bonds is 7. The third-order valence-electron chi connectivity index (χ3n) is 1.79. The lowest BCUT2D eigenvalue weighted by atomic mass is 10.2. The topological polar surface area (TPSA) is 75.1 Å². The fraction of sp³-hybridized carbons (Fsp3) is 0.800. The van der Waals surface area contributed by atoms with Crippen LogP contribution in [-0.2, 0) is 9.53 Å². The predicted octanol–water partition coefficient (Wildman–Crippen LogP) is 3.78. The maximum Gasteiger partial charge on any atom is 0.322 e.